The Morgan fingerprint density at radius 2 is 1.80 bits per heavy atom. The molecule has 0 bridgehead atoms. The second kappa shape index (κ2) is 12.0. The van der Waals surface area contributed by atoms with Gasteiger partial charge in [0.2, 0.25) is 0 Å². The third-order valence-corrected chi connectivity index (χ3v) is 9.18. The normalized spacial score (nSPS) is 16.5. The fraction of sp³-hybridized carbons (Fsp3) is 0.205. The second-order valence-electron chi connectivity index (χ2n) is 11.8. The predicted octanol–water partition coefficient (Wildman–Crippen LogP) is 6.02. The number of ether oxygens (including phenoxy) is 1. The van der Waals surface area contributed by atoms with E-state index in [1.165, 1.54) is 55.5 Å². The maximum Gasteiger partial charge on any atom is 0.275 e. The molecule has 0 spiro atoms. The maximum atomic E-state index is 12.5. The van der Waals surface area contributed by atoms with E-state index in [4.69, 9.17) is 4.74 Å². The molecular weight excluding hydrogens is 558 g/mol. The Balaban J connectivity index is 1.21. The minimum atomic E-state index is -0.270. The summed E-state index contributed by atoms with van der Waals surface area (Å²) in [4.78, 5) is 20.5. The zero-order valence-electron chi connectivity index (χ0n) is 25.5. The molecule has 2 N–H and O–H groups in total. The van der Waals surface area contributed by atoms with Crippen molar-refractivity contribution >= 4 is 23.2 Å². The number of phenolic OH excluding ortho intramolecular Hbond substituents is 1. The molecule has 45 heavy (non-hydrogen) atoms. The van der Waals surface area contributed by atoms with Gasteiger partial charge in [0.15, 0.2) is 11.5 Å². The van der Waals surface area contributed by atoms with Crippen molar-refractivity contribution < 1.29 is 14.6 Å². The van der Waals surface area contributed by atoms with Crippen LogP contribution in [0.5, 0.6) is 11.5 Å². The number of methoxy groups -OCH3 is 1. The summed E-state index contributed by atoms with van der Waals surface area (Å²) in [7, 11) is 1.58. The molecular formula is C39H35N3O3. The summed E-state index contributed by atoms with van der Waals surface area (Å²) in [6.07, 6.45) is 11.0. The summed E-state index contributed by atoms with van der Waals surface area (Å²) in [6.45, 7) is 2.26. The minimum absolute atomic E-state index is 0.160. The van der Waals surface area contributed by atoms with Gasteiger partial charge >= 0.3 is 0 Å². The molecule has 6 nitrogen and oxygen atoms in total. The number of aromatic hydroxyl groups is 1. The summed E-state index contributed by atoms with van der Waals surface area (Å²) in [6, 6.07) is 27.2. The lowest BCUT2D eigenvalue weighted by atomic mass is 9.74. The molecule has 1 heterocycles. The molecule has 2 atom stereocenters. The first-order valence-electron chi connectivity index (χ1n) is 15.5. The number of aromatic nitrogens is 2. The molecule has 0 saturated heterocycles. The molecule has 0 fully saturated rings. The van der Waals surface area contributed by atoms with Crippen LogP contribution in [0.15, 0.2) is 97.5 Å². The fourth-order valence-electron chi connectivity index (χ4n) is 7.12. The smallest absolute Gasteiger partial charge is 0.275 e. The molecule has 6 heteroatoms. The number of hydrogen-bond acceptors (Lipinski definition) is 5. The van der Waals surface area contributed by atoms with Crippen LogP contribution in [-0.2, 0) is 12.8 Å². The first-order chi connectivity index (χ1) is 22.0. The van der Waals surface area contributed by atoms with Gasteiger partial charge in [-0.2, -0.15) is 0 Å². The number of hydrogen-bond donors (Lipinski definition) is 2. The van der Waals surface area contributed by atoms with Crippen LogP contribution in [0, 0.1) is 16.4 Å². The van der Waals surface area contributed by atoms with E-state index < -0.39 is 0 Å². The van der Waals surface area contributed by atoms with Crippen LogP contribution in [-0.4, -0.2) is 28.1 Å². The van der Waals surface area contributed by atoms with Crippen molar-refractivity contribution in [2.75, 3.05) is 12.4 Å². The number of nitrogens with one attached hydrogen (secondary N) is 1. The van der Waals surface area contributed by atoms with Gasteiger partial charge in [-0.05, 0) is 105 Å². The third-order valence-electron chi connectivity index (χ3n) is 9.18. The van der Waals surface area contributed by atoms with Crippen molar-refractivity contribution in [2.45, 2.75) is 38.5 Å². The molecule has 2 unspecified atom stereocenters. The molecule has 1 aromatic heterocycles. The Kier molecular flexibility index (Phi) is 7.64. The highest BCUT2D eigenvalue weighted by Crippen LogP contribution is 2.40. The van der Waals surface area contributed by atoms with E-state index in [9.17, 15) is 9.90 Å². The van der Waals surface area contributed by atoms with Gasteiger partial charge < -0.3 is 15.2 Å². The standard InChI is InChI=1S/C39H35N3O3/c1-3-29-37(27-12-17-36(45-2)35(43)22-27)32-7-5-4-6-31(32)33-16-11-26-21-25(10-15-30(26)38(29)33)20-24-8-13-28(14-9-24)42-39(44)34-23-40-18-19-41-34/h4-9,11-14,16-19,21-23,25,29,43H,3,10,15,20H2,1-2H3,(H,42,44). The first-order valence-corrected chi connectivity index (χ1v) is 15.5. The molecule has 0 radical (unpaired) electrons. The summed E-state index contributed by atoms with van der Waals surface area (Å²) in [5, 5.41) is 18.7. The van der Waals surface area contributed by atoms with Gasteiger partial charge in [0.05, 0.1) is 13.3 Å². The molecule has 7 rings (SSSR count). The van der Waals surface area contributed by atoms with Crippen molar-refractivity contribution in [3.05, 3.63) is 146 Å². The van der Waals surface area contributed by atoms with E-state index in [0.717, 1.165) is 36.9 Å². The second-order valence-corrected chi connectivity index (χ2v) is 11.8. The van der Waals surface area contributed by atoms with E-state index in [2.05, 4.69) is 82.9 Å². The SMILES string of the molecule is CCC1C(c2ccc(OC)c(O)c2)=c2ccccc2=c2ccc3c(c21)CCC(Cc1ccc(NC(=O)c2cnccn2)cc1)C=3. The van der Waals surface area contributed by atoms with Gasteiger partial charge in [-0.15, -0.1) is 0 Å². The molecule has 2 aliphatic carbocycles. The monoisotopic (exact) mass is 593 g/mol. The molecule has 5 aromatic rings. The van der Waals surface area contributed by atoms with Crippen LogP contribution in [0.25, 0.3) is 11.6 Å². The number of phenols is 1. The highest BCUT2D eigenvalue weighted by Gasteiger charge is 2.27. The highest BCUT2D eigenvalue weighted by atomic mass is 16.5. The third kappa shape index (κ3) is 5.37. The highest BCUT2D eigenvalue weighted by molar-refractivity contribution is 6.02. The summed E-state index contributed by atoms with van der Waals surface area (Å²) in [5.41, 5.74) is 7.44. The van der Waals surface area contributed by atoms with Gasteiger partial charge in [-0.1, -0.05) is 67.6 Å². The van der Waals surface area contributed by atoms with Crippen LogP contribution >= 0.6 is 0 Å². The van der Waals surface area contributed by atoms with Gasteiger partial charge in [0, 0.05) is 24.0 Å². The number of anilines is 1. The zero-order valence-corrected chi connectivity index (χ0v) is 25.5. The van der Waals surface area contributed by atoms with Crippen molar-refractivity contribution in [3.63, 3.8) is 0 Å². The molecule has 1 amide bonds. The van der Waals surface area contributed by atoms with E-state index in [0.29, 0.717) is 17.4 Å². The number of fused-ring (bicyclic) bond motifs is 4. The maximum absolute atomic E-state index is 12.5. The molecule has 224 valence electrons. The van der Waals surface area contributed by atoms with Crippen molar-refractivity contribution in [3.8, 4) is 11.5 Å². The number of amides is 1. The average Bonchev–Trinajstić information content (AvgIpc) is 3.08. The topological polar surface area (TPSA) is 84.3 Å². The zero-order chi connectivity index (χ0) is 30.9. The van der Waals surface area contributed by atoms with Crippen molar-refractivity contribution in [1.82, 2.24) is 9.97 Å². The fourth-order valence-corrected chi connectivity index (χ4v) is 7.12. The van der Waals surface area contributed by atoms with Crippen molar-refractivity contribution in [1.29, 1.82) is 0 Å². The van der Waals surface area contributed by atoms with Crippen LogP contribution in [0.2, 0.25) is 0 Å². The number of rotatable bonds is 7. The van der Waals surface area contributed by atoms with Crippen LogP contribution < -0.4 is 20.5 Å². The number of carbonyl (C=O) groups is 1. The van der Waals surface area contributed by atoms with E-state index in [1.54, 1.807) is 13.3 Å². The Morgan fingerprint density at radius 1 is 0.978 bits per heavy atom. The Labute approximate surface area is 262 Å². The average molecular weight is 594 g/mol. The van der Waals surface area contributed by atoms with Crippen LogP contribution in [0.1, 0.15) is 58.4 Å². The van der Waals surface area contributed by atoms with Crippen molar-refractivity contribution in [2.24, 2.45) is 5.92 Å². The number of nitrogens with zero attached hydrogens (tertiary/aromatic N) is 2. The summed E-state index contributed by atoms with van der Waals surface area (Å²) >= 11 is 0. The quantitative estimate of drug-likeness (QED) is 0.241. The Morgan fingerprint density at radius 3 is 2.53 bits per heavy atom. The number of benzene rings is 4. The molecule has 4 aromatic carbocycles. The van der Waals surface area contributed by atoms with Gasteiger partial charge in [-0.3, -0.25) is 9.78 Å². The van der Waals surface area contributed by atoms with Gasteiger partial charge in [-0.25, -0.2) is 4.98 Å². The van der Waals surface area contributed by atoms with E-state index in [-0.39, 0.29) is 17.6 Å². The molecule has 0 saturated carbocycles. The predicted molar refractivity (Wildman–Crippen MR) is 176 cm³/mol. The van der Waals surface area contributed by atoms with Gasteiger partial charge in [0.1, 0.15) is 5.69 Å². The lowest BCUT2D eigenvalue weighted by Crippen LogP contribution is -2.27. The minimum Gasteiger partial charge on any atom is -0.504 e. The van der Waals surface area contributed by atoms with Crippen LogP contribution in [0.4, 0.5) is 5.69 Å². The summed E-state index contributed by atoms with van der Waals surface area (Å²) in [5.74, 6) is 1.01. The molecule has 0 aliphatic heterocycles. The lowest BCUT2D eigenvalue weighted by molar-refractivity contribution is 0.102. The lowest BCUT2D eigenvalue weighted by Gasteiger charge is -2.29. The van der Waals surface area contributed by atoms with Gasteiger partial charge in [0.25, 0.3) is 5.91 Å². The first kappa shape index (κ1) is 28.5. The largest absolute Gasteiger partial charge is 0.504 e. The molecule has 2 aliphatic rings. The van der Waals surface area contributed by atoms with E-state index >= 15 is 0 Å². The number of carbonyl (C=O) groups excluding carboxylic acids is 1. The Bertz CT molecular complexity index is 2130. The summed E-state index contributed by atoms with van der Waals surface area (Å²) < 4.78 is 5.35. The van der Waals surface area contributed by atoms with E-state index in [1.807, 2.05) is 24.3 Å². The Hall–Kier alpha value is -5.23. The van der Waals surface area contributed by atoms with Crippen LogP contribution in [0.3, 0.4) is 0 Å².